The third kappa shape index (κ3) is 7.75. The molecule has 10 heteroatoms. The highest BCUT2D eigenvalue weighted by Crippen LogP contribution is 2.31. The molecule has 0 unspecified atom stereocenters. The van der Waals surface area contributed by atoms with Gasteiger partial charge in [-0.2, -0.15) is 0 Å². The van der Waals surface area contributed by atoms with E-state index in [1.54, 1.807) is 67.6 Å². The third-order valence-corrected chi connectivity index (χ3v) is 8.62. The van der Waals surface area contributed by atoms with Crippen molar-refractivity contribution < 1.29 is 18.0 Å². The van der Waals surface area contributed by atoms with Gasteiger partial charge in [-0.15, -0.1) is 0 Å². The van der Waals surface area contributed by atoms with Crippen molar-refractivity contribution in [3.8, 4) is 0 Å². The fourth-order valence-electron chi connectivity index (χ4n) is 3.85. The average Bonchev–Trinajstić information content (AvgIpc) is 2.90. The van der Waals surface area contributed by atoms with E-state index in [1.807, 2.05) is 20.8 Å². The molecule has 0 aliphatic heterocycles. The Morgan fingerprint density at radius 3 is 2.05 bits per heavy atom. The summed E-state index contributed by atoms with van der Waals surface area (Å²) in [4.78, 5) is 28.3. The zero-order chi connectivity index (χ0) is 28.7. The van der Waals surface area contributed by atoms with Gasteiger partial charge in [0.15, 0.2) is 0 Å². The lowest BCUT2D eigenvalue weighted by Gasteiger charge is -2.32. The van der Waals surface area contributed by atoms with E-state index in [1.165, 1.54) is 17.0 Å². The van der Waals surface area contributed by atoms with Crippen molar-refractivity contribution in [3.63, 3.8) is 0 Å². The highest BCUT2D eigenvalue weighted by Gasteiger charge is 2.33. The minimum atomic E-state index is -4.20. The predicted octanol–water partition coefficient (Wildman–Crippen LogP) is 5.69. The van der Waals surface area contributed by atoms with Crippen LogP contribution in [0.1, 0.15) is 31.9 Å². The summed E-state index contributed by atoms with van der Waals surface area (Å²) in [6.07, 6.45) is 0. The summed E-state index contributed by atoms with van der Waals surface area (Å²) >= 11 is 12.8. The Labute approximate surface area is 240 Å². The number of amides is 2. The first-order valence-electron chi connectivity index (χ1n) is 12.6. The molecule has 0 aromatic heterocycles. The molecule has 0 radical (unpaired) electrons. The van der Waals surface area contributed by atoms with Gasteiger partial charge in [-0.1, -0.05) is 85.1 Å². The highest BCUT2D eigenvalue weighted by molar-refractivity contribution is 7.92. The van der Waals surface area contributed by atoms with E-state index in [-0.39, 0.29) is 34.0 Å². The lowest BCUT2D eigenvalue weighted by molar-refractivity contribution is -0.139. The van der Waals surface area contributed by atoms with E-state index < -0.39 is 28.5 Å². The maximum Gasteiger partial charge on any atom is 0.264 e. The van der Waals surface area contributed by atoms with Gasteiger partial charge in [0.25, 0.3) is 10.0 Å². The van der Waals surface area contributed by atoms with Crippen molar-refractivity contribution in [2.75, 3.05) is 17.4 Å². The summed E-state index contributed by atoms with van der Waals surface area (Å²) < 4.78 is 28.7. The Balaban J connectivity index is 2.03. The van der Waals surface area contributed by atoms with E-state index in [2.05, 4.69) is 5.32 Å². The fourth-order valence-corrected chi connectivity index (χ4v) is 5.77. The monoisotopic (exact) mass is 589 g/mol. The molecule has 39 heavy (non-hydrogen) atoms. The van der Waals surface area contributed by atoms with Crippen LogP contribution in [0.2, 0.25) is 10.0 Å². The number of nitrogens with zero attached hydrogens (tertiary/aromatic N) is 2. The van der Waals surface area contributed by atoms with Crippen LogP contribution in [0, 0.1) is 12.8 Å². The number of hydrogen-bond donors (Lipinski definition) is 1. The molecule has 1 N–H and O–H groups in total. The van der Waals surface area contributed by atoms with Gasteiger partial charge in [-0.25, -0.2) is 8.42 Å². The van der Waals surface area contributed by atoms with Crippen LogP contribution < -0.4 is 9.62 Å². The standard InChI is InChI=1S/C29H33Cl2N3O4S/c1-20(2)17-32-29(36)22(4)33(18-23-9-5-6-10-25(23)30)28(35)19-34(27-12-8-7-11-26(27)31)39(37,38)24-15-13-21(3)14-16-24/h5-16,20,22H,17-19H2,1-4H3,(H,32,36)/t22-/m1/s1. The Bertz CT molecular complexity index is 1410. The van der Waals surface area contributed by atoms with Gasteiger partial charge in [-0.3, -0.25) is 13.9 Å². The van der Waals surface area contributed by atoms with Gasteiger partial charge in [0, 0.05) is 18.1 Å². The number of benzene rings is 3. The average molecular weight is 591 g/mol. The summed E-state index contributed by atoms with van der Waals surface area (Å²) in [7, 11) is -4.20. The van der Waals surface area contributed by atoms with Crippen LogP contribution in [0.25, 0.3) is 0 Å². The molecule has 0 saturated heterocycles. The fraction of sp³-hybridized carbons (Fsp3) is 0.310. The third-order valence-electron chi connectivity index (χ3n) is 6.16. The zero-order valence-corrected chi connectivity index (χ0v) is 24.7. The van der Waals surface area contributed by atoms with E-state index in [4.69, 9.17) is 23.2 Å². The van der Waals surface area contributed by atoms with Crippen LogP contribution in [-0.4, -0.2) is 44.3 Å². The molecule has 0 aliphatic rings. The Morgan fingerprint density at radius 2 is 1.46 bits per heavy atom. The number of rotatable bonds is 11. The SMILES string of the molecule is Cc1ccc(S(=O)(=O)N(CC(=O)N(Cc2ccccc2Cl)[C@H](C)C(=O)NCC(C)C)c2ccccc2Cl)cc1. The van der Waals surface area contributed by atoms with Gasteiger partial charge in [-0.05, 0) is 55.7 Å². The van der Waals surface area contributed by atoms with Crippen LogP contribution in [0.15, 0.2) is 77.7 Å². The van der Waals surface area contributed by atoms with Crippen LogP contribution in [-0.2, 0) is 26.2 Å². The molecular weight excluding hydrogens is 557 g/mol. The number of carbonyl (C=O) groups excluding carboxylic acids is 2. The number of hydrogen-bond acceptors (Lipinski definition) is 4. The van der Waals surface area contributed by atoms with Crippen molar-refractivity contribution in [2.24, 2.45) is 5.92 Å². The van der Waals surface area contributed by atoms with Crippen LogP contribution in [0.5, 0.6) is 0 Å². The number of aryl methyl sites for hydroxylation is 1. The maximum atomic E-state index is 13.9. The van der Waals surface area contributed by atoms with Crippen molar-refractivity contribution in [2.45, 2.75) is 45.2 Å². The number of halogens is 2. The summed E-state index contributed by atoms with van der Waals surface area (Å²) in [5.74, 6) is -0.725. The molecule has 0 fully saturated rings. The second kappa shape index (κ2) is 13.3. The van der Waals surface area contributed by atoms with Gasteiger partial charge < -0.3 is 10.2 Å². The smallest absolute Gasteiger partial charge is 0.264 e. The second-order valence-electron chi connectivity index (χ2n) is 9.70. The summed E-state index contributed by atoms with van der Waals surface area (Å²) in [6, 6.07) is 18.9. The van der Waals surface area contributed by atoms with Crippen molar-refractivity contribution in [1.29, 1.82) is 0 Å². The quantitative estimate of drug-likeness (QED) is 0.311. The normalized spacial score (nSPS) is 12.2. The molecule has 0 spiro atoms. The Hall–Kier alpha value is -3.07. The molecule has 3 aromatic rings. The first kappa shape index (κ1) is 30.5. The molecule has 0 bridgehead atoms. The van der Waals surface area contributed by atoms with E-state index in [0.717, 1.165) is 9.87 Å². The molecule has 0 aliphatic carbocycles. The minimum absolute atomic E-state index is 0.00964. The molecule has 2 amide bonds. The van der Waals surface area contributed by atoms with Crippen LogP contribution in [0.4, 0.5) is 5.69 Å². The van der Waals surface area contributed by atoms with Crippen LogP contribution >= 0.6 is 23.2 Å². The summed E-state index contributed by atoms with van der Waals surface area (Å²) in [5.41, 5.74) is 1.67. The summed E-state index contributed by atoms with van der Waals surface area (Å²) in [6.45, 7) is 7.26. The molecule has 1 atom stereocenters. The molecule has 7 nitrogen and oxygen atoms in total. The topological polar surface area (TPSA) is 86.8 Å². The molecule has 208 valence electrons. The lowest BCUT2D eigenvalue weighted by atomic mass is 10.1. The molecule has 3 rings (SSSR count). The van der Waals surface area contributed by atoms with Gasteiger partial charge in [0.2, 0.25) is 11.8 Å². The Morgan fingerprint density at radius 1 is 0.872 bits per heavy atom. The van der Waals surface area contributed by atoms with Gasteiger partial charge in [0.1, 0.15) is 12.6 Å². The van der Waals surface area contributed by atoms with E-state index >= 15 is 0 Å². The maximum absolute atomic E-state index is 13.9. The first-order valence-corrected chi connectivity index (χ1v) is 14.8. The molecule has 0 saturated carbocycles. The van der Waals surface area contributed by atoms with Gasteiger partial charge in [0.05, 0.1) is 15.6 Å². The minimum Gasteiger partial charge on any atom is -0.354 e. The zero-order valence-electron chi connectivity index (χ0n) is 22.4. The van der Waals surface area contributed by atoms with Crippen molar-refractivity contribution in [1.82, 2.24) is 10.2 Å². The van der Waals surface area contributed by atoms with Crippen molar-refractivity contribution in [3.05, 3.63) is 94.0 Å². The number of sulfonamides is 1. The largest absolute Gasteiger partial charge is 0.354 e. The molecule has 3 aromatic carbocycles. The van der Waals surface area contributed by atoms with E-state index in [0.29, 0.717) is 17.1 Å². The lowest BCUT2D eigenvalue weighted by Crippen LogP contribution is -2.51. The van der Waals surface area contributed by atoms with E-state index in [9.17, 15) is 18.0 Å². The number of anilines is 1. The molecule has 0 heterocycles. The van der Waals surface area contributed by atoms with Gasteiger partial charge >= 0.3 is 0 Å². The van der Waals surface area contributed by atoms with Crippen molar-refractivity contribution >= 4 is 50.7 Å². The first-order chi connectivity index (χ1) is 18.4. The predicted molar refractivity (Wildman–Crippen MR) is 156 cm³/mol. The second-order valence-corrected chi connectivity index (χ2v) is 12.4. The highest BCUT2D eigenvalue weighted by atomic mass is 35.5. The van der Waals surface area contributed by atoms with Crippen LogP contribution in [0.3, 0.4) is 0 Å². The number of para-hydroxylation sites is 1. The number of carbonyl (C=O) groups is 2. The number of nitrogens with one attached hydrogen (secondary N) is 1. The Kier molecular flexibility index (Phi) is 10.4. The molecular formula is C29H33Cl2N3O4S. The summed E-state index contributed by atoms with van der Waals surface area (Å²) in [5, 5.41) is 3.45.